The highest BCUT2D eigenvalue weighted by molar-refractivity contribution is 5.80. The van der Waals surface area contributed by atoms with E-state index in [1.807, 2.05) is 0 Å². The second-order valence-corrected chi connectivity index (χ2v) is 5.34. The fourth-order valence-corrected chi connectivity index (χ4v) is 2.59. The van der Waals surface area contributed by atoms with Gasteiger partial charge in [0, 0.05) is 39.0 Å². The minimum atomic E-state index is -0.0339. The van der Waals surface area contributed by atoms with E-state index in [0.717, 1.165) is 19.3 Å². The van der Waals surface area contributed by atoms with Crippen LogP contribution >= 0.6 is 0 Å². The molecule has 2 amide bonds. The average Bonchev–Trinajstić information content (AvgIpc) is 2.34. The van der Waals surface area contributed by atoms with Gasteiger partial charge in [0.25, 0.3) is 0 Å². The molecule has 3 atom stereocenters. The molecule has 1 fully saturated rings. The number of nitrogens with two attached hydrogens (primary N) is 1. The number of nitrogens with one attached hydrogen (secondary N) is 1. The average molecular weight is 255 g/mol. The third-order valence-electron chi connectivity index (χ3n) is 3.86. The summed E-state index contributed by atoms with van der Waals surface area (Å²) in [6.45, 7) is 2.57. The van der Waals surface area contributed by atoms with Crippen molar-refractivity contribution in [2.24, 2.45) is 17.6 Å². The third kappa shape index (κ3) is 3.98. The van der Waals surface area contributed by atoms with E-state index in [0.29, 0.717) is 18.9 Å². The van der Waals surface area contributed by atoms with Crippen molar-refractivity contribution in [3.63, 3.8) is 0 Å². The Kier molecular flexibility index (Phi) is 5.59. The van der Waals surface area contributed by atoms with Crippen LogP contribution in [0.1, 0.15) is 32.6 Å². The van der Waals surface area contributed by atoms with Crippen molar-refractivity contribution in [1.29, 1.82) is 0 Å². The van der Waals surface area contributed by atoms with Crippen LogP contribution in [0.3, 0.4) is 0 Å². The summed E-state index contributed by atoms with van der Waals surface area (Å²) in [5.41, 5.74) is 5.90. The molecule has 5 nitrogen and oxygen atoms in total. The maximum Gasteiger partial charge on any atom is 0.225 e. The molecule has 1 aliphatic carbocycles. The van der Waals surface area contributed by atoms with Crippen molar-refractivity contribution in [3.8, 4) is 0 Å². The minimum absolute atomic E-state index is 0.0339. The molecule has 1 saturated carbocycles. The zero-order chi connectivity index (χ0) is 13.7. The minimum Gasteiger partial charge on any atom is -0.359 e. The number of amides is 2. The highest BCUT2D eigenvalue weighted by Gasteiger charge is 2.32. The van der Waals surface area contributed by atoms with E-state index in [1.54, 1.807) is 19.0 Å². The van der Waals surface area contributed by atoms with Gasteiger partial charge in [-0.25, -0.2) is 0 Å². The lowest BCUT2D eigenvalue weighted by Crippen LogP contribution is -2.42. The largest absolute Gasteiger partial charge is 0.359 e. The molecule has 0 bridgehead atoms. The predicted octanol–water partition coefficient (Wildman–Crippen LogP) is 0.344. The third-order valence-corrected chi connectivity index (χ3v) is 3.86. The molecule has 0 aromatic carbocycles. The molecule has 3 N–H and O–H groups in total. The Balaban J connectivity index is 2.45. The van der Waals surface area contributed by atoms with Gasteiger partial charge in [-0.1, -0.05) is 6.92 Å². The van der Waals surface area contributed by atoms with Crippen molar-refractivity contribution in [2.75, 3.05) is 20.6 Å². The Labute approximate surface area is 109 Å². The van der Waals surface area contributed by atoms with E-state index in [-0.39, 0.29) is 23.8 Å². The zero-order valence-electron chi connectivity index (χ0n) is 11.6. The summed E-state index contributed by atoms with van der Waals surface area (Å²) in [5, 5.41) is 2.56. The first-order valence-electron chi connectivity index (χ1n) is 6.66. The molecule has 1 aliphatic rings. The summed E-state index contributed by atoms with van der Waals surface area (Å²) >= 11 is 0. The number of hydrogen-bond donors (Lipinski definition) is 2. The van der Waals surface area contributed by atoms with E-state index in [1.165, 1.54) is 0 Å². The number of nitrogens with zero attached hydrogens (tertiary/aromatic N) is 1. The smallest absolute Gasteiger partial charge is 0.225 e. The molecule has 3 unspecified atom stereocenters. The van der Waals surface area contributed by atoms with Crippen LogP contribution in [0.5, 0.6) is 0 Å². The predicted molar refractivity (Wildman–Crippen MR) is 70.8 cm³/mol. The molecular weight excluding hydrogens is 230 g/mol. The molecule has 0 aromatic rings. The SMILES string of the molecule is CNC(=O)CCN(C)C(=O)C1CCC(N)CC1C. The lowest BCUT2D eigenvalue weighted by atomic mass is 9.77. The lowest BCUT2D eigenvalue weighted by molar-refractivity contribution is -0.137. The van der Waals surface area contributed by atoms with Gasteiger partial charge in [-0.2, -0.15) is 0 Å². The van der Waals surface area contributed by atoms with Crippen molar-refractivity contribution in [2.45, 2.75) is 38.6 Å². The van der Waals surface area contributed by atoms with Crippen molar-refractivity contribution in [3.05, 3.63) is 0 Å². The van der Waals surface area contributed by atoms with E-state index < -0.39 is 0 Å². The van der Waals surface area contributed by atoms with Crippen LogP contribution in [0.15, 0.2) is 0 Å². The van der Waals surface area contributed by atoms with E-state index in [9.17, 15) is 9.59 Å². The van der Waals surface area contributed by atoms with Crippen LogP contribution in [0.25, 0.3) is 0 Å². The Morgan fingerprint density at radius 1 is 1.39 bits per heavy atom. The molecule has 0 radical (unpaired) electrons. The quantitative estimate of drug-likeness (QED) is 0.761. The topological polar surface area (TPSA) is 75.4 Å². The van der Waals surface area contributed by atoms with Gasteiger partial charge in [0.1, 0.15) is 0 Å². The van der Waals surface area contributed by atoms with Gasteiger partial charge in [-0.05, 0) is 25.2 Å². The van der Waals surface area contributed by atoms with Crippen LogP contribution in [-0.2, 0) is 9.59 Å². The van der Waals surface area contributed by atoms with Crippen LogP contribution < -0.4 is 11.1 Å². The number of rotatable bonds is 4. The van der Waals surface area contributed by atoms with Crippen molar-refractivity contribution >= 4 is 11.8 Å². The Morgan fingerprint density at radius 2 is 2.06 bits per heavy atom. The van der Waals surface area contributed by atoms with Crippen molar-refractivity contribution < 1.29 is 9.59 Å². The fraction of sp³-hybridized carbons (Fsp3) is 0.846. The Bertz CT molecular complexity index is 307. The fourth-order valence-electron chi connectivity index (χ4n) is 2.59. The normalized spacial score (nSPS) is 27.7. The molecule has 1 rings (SSSR count). The second kappa shape index (κ2) is 6.73. The first-order valence-corrected chi connectivity index (χ1v) is 6.66. The number of carbonyl (C=O) groups excluding carboxylic acids is 2. The summed E-state index contributed by atoms with van der Waals surface area (Å²) in [6, 6.07) is 0.236. The van der Waals surface area contributed by atoms with E-state index >= 15 is 0 Å². The Hall–Kier alpha value is -1.10. The summed E-state index contributed by atoms with van der Waals surface area (Å²) in [7, 11) is 3.38. The van der Waals surface area contributed by atoms with Crippen LogP contribution in [0.4, 0.5) is 0 Å². The zero-order valence-corrected chi connectivity index (χ0v) is 11.6. The van der Waals surface area contributed by atoms with Gasteiger partial charge in [-0.15, -0.1) is 0 Å². The van der Waals surface area contributed by atoms with Gasteiger partial charge < -0.3 is 16.0 Å². The molecule has 0 saturated heterocycles. The summed E-state index contributed by atoms with van der Waals surface area (Å²) in [5.74, 6) is 0.523. The molecule has 0 aromatic heterocycles. The number of carbonyl (C=O) groups is 2. The Morgan fingerprint density at radius 3 is 2.61 bits per heavy atom. The van der Waals surface area contributed by atoms with Crippen LogP contribution in [0.2, 0.25) is 0 Å². The first kappa shape index (κ1) is 15.0. The van der Waals surface area contributed by atoms with Crippen LogP contribution in [-0.4, -0.2) is 43.4 Å². The van der Waals surface area contributed by atoms with Gasteiger partial charge in [0.2, 0.25) is 11.8 Å². The summed E-state index contributed by atoms with van der Waals surface area (Å²) in [6.07, 6.45) is 3.06. The molecule has 5 heteroatoms. The molecule has 0 aliphatic heterocycles. The standard InChI is InChI=1S/C13H25N3O2/c1-9-8-10(14)4-5-11(9)13(18)16(3)7-6-12(17)15-2/h9-11H,4-8,14H2,1-3H3,(H,15,17). The molecule has 0 spiro atoms. The monoisotopic (exact) mass is 255 g/mol. The lowest BCUT2D eigenvalue weighted by Gasteiger charge is -2.34. The molecular formula is C13H25N3O2. The van der Waals surface area contributed by atoms with Gasteiger partial charge in [0.05, 0.1) is 0 Å². The van der Waals surface area contributed by atoms with Crippen LogP contribution in [0, 0.1) is 11.8 Å². The highest BCUT2D eigenvalue weighted by Crippen LogP contribution is 2.30. The maximum absolute atomic E-state index is 12.3. The maximum atomic E-state index is 12.3. The van der Waals surface area contributed by atoms with Gasteiger partial charge >= 0.3 is 0 Å². The highest BCUT2D eigenvalue weighted by atomic mass is 16.2. The summed E-state index contributed by atoms with van der Waals surface area (Å²) < 4.78 is 0. The molecule has 0 heterocycles. The van der Waals surface area contributed by atoms with Gasteiger partial charge in [0.15, 0.2) is 0 Å². The first-order chi connectivity index (χ1) is 8.45. The molecule has 18 heavy (non-hydrogen) atoms. The van der Waals surface area contributed by atoms with E-state index in [4.69, 9.17) is 5.73 Å². The summed E-state index contributed by atoms with van der Waals surface area (Å²) in [4.78, 5) is 25.1. The van der Waals surface area contributed by atoms with Crippen molar-refractivity contribution in [1.82, 2.24) is 10.2 Å². The second-order valence-electron chi connectivity index (χ2n) is 5.34. The number of hydrogen-bond acceptors (Lipinski definition) is 3. The molecule has 104 valence electrons. The van der Waals surface area contributed by atoms with E-state index in [2.05, 4.69) is 12.2 Å². The van der Waals surface area contributed by atoms with Gasteiger partial charge in [-0.3, -0.25) is 9.59 Å².